The number of aliphatic carboxylic acids is 1. The van der Waals surface area contributed by atoms with Gasteiger partial charge in [-0.05, 0) is 12.5 Å². The summed E-state index contributed by atoms with van der Waals surface area (Å²) in [6, 6.07) is 0. The van der Waals surface area contributed by atoms with Crippen molar-refractivity contribution in [1.29, 1.82) is 0 Å². The number of carbonyl (C=O) groups excluding carboxylic acids is 1. The molecule has 1 heterocycles. The van der Waals surface area contributed by atoms with Crippen molar-refractivity contribution in [2.45, 2.75) is 12.8 Å². The molecule has 5 nitrogen and oxygen atoms in total. The van der Waals surface area contributed by atoms with Crippen LogP contribution in [0.2, 0.25) is 0 Å². The standard InChI is InChI=1S/C8H14N2O3/c9-4-6-3-7(11)10(5-6)2-1-8(12)13/h6H,1-5,9H2,(H,12,13). The van der Waals surface area contributed by atoms with E-state index in [1.54, 1.807) is 4.90 Å². The summed E-state index contributed by atoms with van der Waals surface area (Å²) in [5.41, 5.74) is 5.42. The number of hydrogen-bond acceptors (Lipinski definition) is 3. The molecule has 1 amide bonds. The van der Waals surface area contributed by atoms with Gasteiger partial charge in [0, 0.05) is 19.5 Å². The summed E-state index contributed by atoms with van der Waals surface area (Å²) < 4.78 is 0. The first-order valence-electron chi connectivity index (χ1n) is 4.33. The van der Waals surface area contributed by atoms with Gasteiger partial charge in [0.2, 0.25) is 5.91 Å². The Labute approximate surface area is 76.5 Å². The number of hydrogen-bond donors (Lipinski definition) is 2. The third kappa shape index (κ3) is 2.69. The van der Waals surface area contributed by atoms with E-state index in [1.165, 1.54) is 0 Å². The molecule has 1 rings (SSSR count). The van der Waals surface area contributed by atoms with Gasteiger partial charge in [0.1, 0.15) is 0 Å². The Balaban J connectivity index is 2.35. The molecule has 0 radical (unpaired) electrons. The van der Waals surface area contributed by atoms with Crippen LogP contribution in [-0.2, 0) is 9.59 Å². The molecule has 1 saturated heterocycles. The van der Waals surface area contributed by atoms with E-state index in [4.69, 9.17) is 10.8 Å². The van der Waals surface area contributed by atoms with Crippen LogP contribution >= 0.6 is 0 Å². The van der Waals surface area contributed by atoms with Gasteiger partial charge in [-0.15, -0.1) is 0 Å². The minimum absolute atomic E-state index is 0.0169. The monoisotopic (exact) mass is 186 g/mol. The van der Waals surface area contributed by atoms with Crippen LogP contribution in [0.5, 0.6) is 0 Å². The average molecular weight is 186 g/mol. The second-order valence-corrected chi connectivity index (χ2v) is 3.29. The van der Waals surface area contributed by atoms with E-state index in [0.717, 1.165) is 0 Å². The van der Waals surface area contributed by atoms with Crippen LogP contribution in [-0.4, -0.2) is 41.5 Å². The number of nitrogens with two attached hydrogens (primary N) is 1. The SMILES string of the molecule is NCC1CC(=O)N(CCC(=O)O)C1. The van der Waals surface area contributed by atoms with E-state index in [0.29, 0.717) is 26.1 Å². The van der Waals surface area contributed by atoms with Gasteiger partial charge in [0.25, 0.3) is 0 Å². The first-order valence-corrected chi connectivity index (χ1v) is 4.33. The molecule has 1 unspecified atom stereocenters. The predicted molar refractivity (Wildman–Crippen MR) is 46.0 cm³/mol. The van der Waals surface area contributed by atoms with Gasteiger partial charge in [-0.1, -0.05) is 0 Å². The smallest absolute Gasteiger partial charge is 0.305 e. The van der Waals surface area contributed by atoms with Gasteiger partial charge in [-0.3, -0.25) is 9.59 Å². The van der Waals surface area contributed by atoms with Crippen molar-refractivity contribution in [3.63, 3.8) is 0 Å². The molecule has 0 aliphatic carbocycles. The first-order chi connectivity index (χ1) is 6.13. The van der Waals surface area contributed by atoms with Crippen molar-refractivity contribution in [2.75, 3.05) is 19.6 Å². The van der Waals surface area contributed by atoms with E-state index >= 15 is 0 Å². The van der Waals surface area contributed by atoms with Crippen LogP contribution in [0.3, 0.4) is 0 Å². The van der Waals surface area contributed by atoms with Crippen LogP contribution in [0, 0.1) is 5.92 Å². The second-order valence-electron chi connectivity index (χ2n) is 3.29. The summed E-state index contributed by atoms with van der Waals surface area (Å²) in [5.74, 6) is -0.637. The van der Waals surface area contributed by atoms with Crippen LogP contribution in [0.1, 0.15) is 12.8 Å². The molecule has 1 aliphatic heterocycles. The third-order valence-corrected chi connectivity index (χ3v) is 2.22. The molecule has 3 N–H and O–H groups in total. The normalized spacial score (nSPS) is 22.4. The fourth-order valence-electron chi connectivity index (χ4n) is 1.46. The molecule has 0 aromatic carbocycles. The molecule has 0 saturated carbocycles. The zero-order valence-corrected chi connectivity index (χ0v) is 7.40. The van der Waals surface area contributed by atoms with E-state index in [9.17, 15) is 9.59 Å². The summed E-state index contributed by atoms with van der Waals surface area (Å²) in [6.45, 7) is 1.42. The zero-order chi connectivity index (χ0) is 9.84. The van der Waals surface area contributed by atoms with Crippen LogP contribution < -0.4 is 5.73 Å². The Kier molecular flexibility index (Phi) is 3.25. The van der Waals surface area contributed by atoms with Gasteiger partial charge in [-0.2, -0.15) is 0 Å². The average Bonchev–Trinajstić information content (AvgIpc) is 2.43. The quantitative estimate of drug-likeness (QED) is 0.606. The number of likely N-dealkylation sites (tertiary alicyclic amines) is 1. The lowest BCUT2D eigenvalue weighted by molar-refractivity contribution is -0.137. The summed E-state index contributed by atoms with van der Waals surface area (Å²) in [7, 11) is 0. The minimum atomic E-state index is -0.871. The van der Waals surface area contributed by atoms with Crippen LogP contribution in [0.15, 0.2) is 0 Å². The Morgan fingerprint density at radius 1 is 1.69 bits per heavy atom. The molecule has 0 aromatic rings. The summed E-state index contributed by atoms with van der Waals surface area (Å²) in [6.07, 6.45) is 0.485. The molecular formula is C8H14N2O3. The topological polar surface area (TPSA) is 83.6 Å². The fraction of sp³-hybridized carbons (Fsp3) is 0.750. The van der Waals surface area contributed by atoms with E-state index < -0.39 is 5.97 Å². The Bertz CT molecular complexity index is 217. The molecule has 5 heteroatoms. The Morgan fingerprint density at radius 2 is 2.38 bits per heavy atom. The molecule has 13 heavy (non-hydrogen) atoms. The van der Waals surface area contributed by atoms with Gasteiger partial charge in [-0.25, -0.2) is 0 Å². The molecule has 74 valence electrons. The summed E-state index contributed by atoms with van der Waals surface area (Å²) in [4.78, 5) is 23.1. The molecular weight excluding hydrogens is 172 g/mol. The van der Waals surface area contributed by atoms with Gasteiger partial charge in [0.15, 0.2) is 0 Å². The predicted octanol–water partition coefficient (Wildman–Crippen LogP) is -0.732. The van der Waals surface area contributed by atoms with Crippen molar-refractivity contribution in [3.8, 4) is 0 Å². The highest BCUT2D eigenvalue weighted by atomic mass is 16.4. The van der Waals surface area contributed by atoms with Crippen molar-refractivity contribution < 1.29 is 14.7 Å². The van der Waals surface area contributed by atoms with Gasteiger partial charge < -0.3 is 15.7 Å². The Hall–Kier alpha value is -1.10. The lowest BCUT2D eigenvalue weighted by Gasteiger charge is -2.14. The summed E-state index contributed by atoms with van der Waals surface area (Å²) >= 11 is 0. The second kappa shape index (κ2) is 4.23. The van der Waals surface area contributed by atoms with E-state index in [1.807, 2.05) is 0 Å². The molecule has 1 fully saturated rings. The highest BCUT2D eigenvalue weighted by molar-refractivity contribution is 5.79. The number of carbonyl (C=O) groups is 2. The van der Waals surface area contributed by atoms with Crippen molar-refractivity contribution in [3.05, 3.63) is 0 Å². The van der Waals surface area contributed by atoms with Gasteiger partial charge in [0.05, 0.1) is 6.42 Å². The maximum absolute atomic E-state index is 11.2. The van der Waals surface area contributed by atoms with E-state index in [-0.39, 0.29) is 18.2 Å². The largest absolute Gasteiger partial charge is 0.481 e. The highest BCUT2D eigenvalue weighted by Crippen LogP contribution is 2.16. The number of amides is 1. The zero-order valence-electron chi connectivity index (χ0n) is 7.40. The van der Waals surface area contributed by atoms with Gasteiger partial charge >= 0.3 is 5.97 Å². The number of carboxylic acid groups (broad SMARTS) is 1. The molecule has 1 atom stereocenters. The molecule has 0 bridgehead atoms. The lowest BCUT2D eigenvalue weighted by Crippen LogP contribution is -2.28. The highest BCUT2D eigenvalue weighted by Gasteiger charge is 2.28. The van der Waals surface area contributed by atoms with Crippen molar-refractivity contribution in [2.24, 2.45) is 11.7 Å². The maximum Gasteiger partial charge on any atom is 0.305 e. The van der Waals surface area contributed by atoms with Crippen LogP contribution in [0.25, 0.3) is 0 Å². The van der Waals surface area contributed by atoms with Crippen LogP contribution in [0.4, 0.5) is 0 Å². The number of carboxylic acids is 1. The number of nitrogens with zero attached hydrogens (tertiary/aromatic N) is 1. The molecule has 0 aromatic heterocycles. The van der Waals surface area contributed by atoms with Crippen molar-refractivity contribution >= 4 is 11.9 Å². The Morgan fingerprint density at radius 3 is 2.85 bits per heavy atom. The summed E-state index contributed by atoms with van der Waals surface area (Å²) in [5, 5.41) is 8.42. The molecule has 0 spiro atoms. The first kappa shape index (κ1) is 9.98. The van der Waals surface area contributed by atoms with Crippen molar-refractivity contribution in [1.82, 2.24) is 4.90 Å². The lowest BCUT2D eigenvalue weighted by atomic mass is 10.1. The number of rotatable bonds is 4. The van der Waals surface area contributed by atoms with E-state index in [2.05, 4.69) is 0 Å². The third-order valence-electron chi connectivity index (χ3n) is 2.22. The fourth-order valence-corrected chi connectivity index (χ4v) is 1.46. The molecule has 1 aliphatic rings. The minimum Gasteiger partial charge on any atom is -0.481 e. The maximum atomic E-state index is 11.2.